The maximum Gasteiger partial charge on any atom is 0.0991 e. The van der Waals surface area contributed by atoms with Gasteiger partial charge in [-0.05, 0) is 54.7 Å². The number of nitrogens with one attached hydrogen (secondary N) is 2. The highest BCUT2D eigenvalue weighted by Crippen LogP contribution is 2.33. The molecule has 0 amide bonds. The largest absolute Gasteiger partial charge is 0.359 e. The van der Waals surface area contributed by atoms with Crippen molar-refractivity contribution < 1.29 is 0 Å². The lowest BCUT2D eigenvalue weighted by atomic mass is 9.93. The van der Waals surface area contributed by atoms with E-state index in [2.05, 4.69) is 48.9 Å². The predicted octanol–water partition coefficient (Wildman–Crippen LogP) is 5.15. The van der Waals surface area contributed by atoms with Crippen molar-refractivity contribution in [2.75, 3.05) is 10.6 Å². The Morgan fingerprint density at radius 2 is 1.96 bits per heavy atom. The van der Waals surface area contributed by atoms with Crippen LogP contribution in [0.5, 0.6) is 0 Å². The maximum absolute atomic E-state index is 8.89. The van der Waals surface area contributed by atoms with Gasteiger partial charge in [0.05, 0.1) is 11.6 Å². The number of hydrogen-bond donors (Lipinski definition) is 2. The molecule has 0 fully saturated rings. The third kappa shape index (κ3) is 3.33. The highest BCUT2D eigenvalue weighted by molar-refractivity contribution is 5.80. The van der Waals surface area contributed by atoms with Crippen LogP contribution in [-0.4, -0.2) is 0 Å². The number of nitrogens with zero attached hydrogens (tertiary/aromatic N) is 1. The van der Waals surface area contributed by atoms with Crippen LogP contribution in [-0.2, 0) is 6.42 Å². The van der Waals surface area contributed by atoms with E-state index in [1.54, 1.807) is 12.1 Å². The molecule has 1 atom stereocenters. The van der Waals surface area contributed by atoms with Crippen molar-refractivity contribution in [3.05, 3.63) is 78.0 Å². The van der Waals surface area contributed by atoms with E-state index < -0.39 is 0 Å². The van der Waals surface area contributed by atoms with E-state index in [4.69, 9.17) is 5.26 Å². The second kappa shape index (κ2) is 6.64. The molecule has 0 bridgehead atoms. The fraction of sp³-hybridized carbons (Fsp3) is 0.190. The summed E-state index contributed by atoms with van der Waals surface area (Å²) >= 11 is 0. The minimum absolute atomic E-state index is 0.537. The third-order valence-electron chi connectivity index (χ3n) is 4.27. The molecule has 0 aromatic heterocycles. The lowest BCUT2D eigenvalue weighted by Crippen LogP contribution is -2.05. The van der Waals surface area contributed by atoms with Crippen LogP contribution in [0, 0.1) is 17.2 Å². The highest BCUT2D eigenvalue weighted by Gasteiger charge is 2.19. The van der Waals surface area contributed by atoms with Crippen LogP contribution >= 0.6 is 0 Å². The van der Waals surface area contributed by atoms with E-state index in [9.17, 15) is 0 Å². The number of hydrogen-bond acceptors (Lipinski definition) is 3. The third-order valence-corrected chi connectivity index (χ3v) is 4.27. The van der Waals surface area contributed by atoms with Gasteiger partial charge in [-0.15, -0.1) is 0 Å². The van der Waals surface area contributed by atoms with Gasteiger partial charge >= 0.3 is 0 Å². The van der Waals surface area contributed by atoms with E-state index in [0.29, 0.717) is 11.5 Å². The molecule has 1 aliphatic rings. The summed E-state index contributed by atoms with van der Waals surface area (Å²) in [5.41, 5.74) is 7.00. The van der Waals surface area contributed by atoms with Gasteiger partial charge in [-0.1, -0.05) is 32.2 Å². The highest BCUT2D eigenvalue weighted by atomic mass is 14.9. The second-order valence-corrected chi connectivity index (χ2v) is 6.37. The number of anilines is 2. The molecular weight excluding hydrogens is 294 g/mol. The van der Waals surface area contributed by atoms with Crippen molar-refractivity contribution in [3.63, 3.8) is 0 Å². The summed E-state index contributed by atoms with van der Waals surface area (Å²) in [5.74, 6) is 0.537. The molecule has 0 spiro atoms. The minimum atomic E-state index is 0.537. The minimum Gasteiger partial charge on any atom is -0.359 e. The van der Waals surface area contributed by atoms with Gasteiger partial charge in [0.1, 0.15) is 0 Å². The van der Waals surface area contributed by atoms with E-state index in [1.807, 2.05) is 18.2 Å². The smallest absolute Gasteiger partial charge is 0.0991 e. The summed E-state index contributed by atoms with van der Waals surface area (Å²) in [6.07, 6.45) is 1.97. The zero-order valence-corrected chi connectivity index (χ0v) is 13.9. The van der Waals surface area contributed by atoms with Gasteiger partial charge in [-0.3, -0.25) is 0 Å². The Morgan fingerprint density at radius 1 is 1.21 bits per heavy atom. The predicted molar refractivity (Wildman–Crippen MR) is 101 cm³/mol. The van der Waals surface area contributed by atoms with Gasteiger partial charge in [0, 0.05) is 28.3 Å². The summed E-state index contributed by atoms with van der Waals surface area (Å²) in [6.45, 7) is 10.6. The van der Waals surface area contributed by atoms with Crippen molar-refractivity contribution in [2.24, 2.45) is 5.92 Å². The molecule has 0 radical (unpaired) electrons. The zero-order valence-electron chi connectivity index (χ0n) is 13.9. The average molecular weight is 315 g/mol. The van der Waals surface area contributed by atoms with Crippen LogP contribution in [0.4, 0.5) is 11.4 Å². The van der Waals surface area contributed by atoms with E-state index >= 15 is 0 Å². The molecule has 0 saturated heterocycles. The van der Waals surface area contributed by atoms with E-state index in [-0.39, 0.29) is 0 Å². The first kappa shape index (κ1) is 15.9. The number of fused-ring (bicyclic) bond motifs is 1. The zero-order chi connectivity index (χ0) is 17.1. The molecular formula is C21H21N3. The number of nitriles is 1. The summed E-state index contributed by atoms with van der Waals surface area (Å²) < 4.78 is 0. The molecule has 120 valence electrons. The molecule has 3 nitrogen and oxygen atoms in total. The van der Waals surface area contributed by atoms with Crippen LogP contribution < -0.4 is 10.6 Å². The maximum atomic E-state index is 8.89. The molecule has 3 rings (SSSR count). The van der Waals surface area contributed by atoms with Crippen LogP contribution in [0.15, 0.2) is 61.3 Å². The van der Waals surface area contributed by atoms with Gasteiger partial charge in [-0.25, -0.2) is 0 Å². The molecule has 2 N–H and O–H groups in total. The van der Waals surface area contributed by atoms with Gasteiger partial charge in [0.15, 0.2) is 0 Å². The first-order valence-electron chi connectivity index (χ1n) is 8.10. The molecule has 1 aliphatic heterocycles. The van der Waals surface area contributed by atoms with Crippen LogP contribution in [0.1, 0.15) is 30.0 Å². The van der Waals surface area contributed by atoms with Crippen LogP contribution in [0.3, 0.4) is 0 Å². The molecule has 0 aliphatic carbocycles. The Bertz CT molecular complexity index is 825. The second-order valence-electron chi connectivity index (χ2n) is 6.37. The summed E-state index contributed by atoms with van der Waals surface area (Å²) in [7, 11) is 0. The summed E-state index contributed by atoms with van der Waals surface area (Å²) in [5, 5.41) is 15.7. The first-order valence-corrected chi connectivity index (χ1v) is 8.10. The summed E-state index contributed by atoms with van der Waals surface area (Å²) in [4.78, 5) is 0. The molecule has 3 heteroatoms. The van der Waals surface area contributed by atoms with Crippen molar-refractivity contribution in [3.8, 4) is 6.07 Å². The van der Waals surface area contributed by atoms with Gasteiger partial charge in [0.2, 0.25) is 0 Å². The summed E-state index contributed by atoms with van der Waals surface area (Å²) in [6, 6.07) is 15.8. The van der Waals surface area contributed by atoms with E-state index in [0.717, 1.165) is 41.2 Å². The lowest BCUT2D eigenvalue weighted by molar-refractivity contribution is 0.585. The lowest BCUT2D eigenvalue weighted by Gasteiger charge is -2.17. The molecule has 2 aromatic rings. The van der Waals surface area contributed by atoms with Crippen molar-refractivity contribution >= 4 is 17.1 Å². The van der Waals surface area contributed by atoms with Crippen molar-refractivity contribution in [1.29, 1.82) is 5.26 Å². The van der Waals surface area contributed by atoms with Crippen LogP contribution in [0.2, 0.25) is 0 Å². The number of rotatable bonds is 3. The first-order chi connectivity index (χ1) is 11.6. The quantitative estimate of drug-likeness (QED) is 0.823. The van der Waals surface area contributed by atoms with Crippen molar-refractivity contribution in [1.82, 2.24) is 0 Å². The number of allylic oxidation sites excluding steroid dienone is 1. The monoisotopic (exact) mass is 315 g/mol. The van der Waals surface area contributed by atoms with E-state index in [1.165, 1.54) is 5.56 Å². The Balaban J connectivity index is 1.89. The Hall–Kier alpha value is -2.99. The van der Waals surface area contributed by atoms with Gasteiger partial charge in [0.25, 0.3) is 0 Å². The molecule has 24 heavy (non-hydrogen) atoms. The Labute approximate surface area is 143 Å². The number of benzene rings is 2. The van der Waals surface area contributed by atoms with Gasteiger partial charge < -0.3 is 10.6 Å². The van der Waals surface area contributed by atoms with Crippen LogP contribution in [0.25, 0.3) is 5.70 Å². The van der Waals surface area contributed by atoms with Gasteiger partial charge in [-0.2, -0.15) is 5.26 Å². The standard InChI is InChI=1S/C21H21N3/c1-14-11-15(2)23-21-6-4-5-19(20(21)12-14)16(3)24-18-9-7-17(13-22)8-10-18/h4-10,14,23-24H,2-3,11-12H2,1H3. The molecule has 1 heterocycles. The Morgan fingerprint density at radius 3 is 2.67 bits per heavy atom. The SMILES string of the molecule is C=C1CC(C)Cc2c(cccc2C(=C)Nc2ccc(C#N)cc2)N1. The molecule has 0 saturated carbocycles. The Kier molecular flexibility index (Phi) is 4.39. The average Bonchev–Trinajstić information content (AvgIpc) is 2.71. The fourth-order valence-electron chi connectivity index (χ4n) is 3.16. The molecule has 2 aromatic carbocycles. The van der Waals surface area contributed by atoms with Crippen molar-refractivity contribution in [2.45, 2.75) is 19.8 Å². The molecule has 1 unspecified atom stereocenters. The normalized spacial score (nSPS) is 16.3. The fourth-order valence-corrected chi connectivity index (χ4v) is 3.16. The topological polar surface area (TPSA) is 47.9 Å².